The predicted octanol–water partition coefficient (Wildman–Crippen LogP) is 2.84. The highest BCUT2D eigenvalue weighted by Crippen LogP contribution is 2.19. The lowest BCUT2D eigenvalue weighted by Crippen LogP contribution is -2.17. The number of aromatic nitrogens is 1. The molecule has 0 unspecified atom stereocenters. The van der Waals surface area contributed by atoms with Crippen LogP contribution in [0.15, 0.2) is 59.8 Å². The van der Waals surface area contributed by atoms with E-state index in [1.54, 1.807) is 10.8 Å². The Morgan fingerprint density at radius 3 is 2.88 bits per heavy atom. The van der Waals surface area contributed by atoms with Gasteiger partial charge in [-0.05, 0) is 12.1 Å². The number of nitrogens with one attached hydrogen (secondary N) is 1. The van der Waals surface area contributed by atoms with Gasteiger partial charge in [0.2, 0.25) is 0 Å². The number of hydrazone groups is 1. The number of carbonyl (C=O) groups is 1. The Morgan fingerprint density at radius 2 is 2.12 bits per heavy atom. The third-order valence-electron chi connectivity index (χ3n) is 3.75. The number of hydrogen-bond donors (Lipinski definition) is 1. The lowest BCUT2D eigenvalue weighted by molar-refractivity contribution is -0.384. The van der Waals surface area contributed by atoms with Crippen LogP contribution < -0.4 is 5.43 Å². The number of fused-ring (bicyclic) bond motifs is 1. The molecule has 0 atom stereocenters. The fourth-order valence-corrected chi connectivity index (χ4v) is 2.57. The molecule has 3 rings (SSSR count). The van der Waals surface area contributed by atoms with Crippen molar-refractivity contribution in [2.75, 3.05) is 0 Å². The Labute approximate surface area is 148 Å². The number of nitriles is 1. The Balaban J connectivity index is 1.80. The highest BCUT2D eigenvalue weighted by molar-refractivity contribution is 6.00. The van der Waals surface area contributed by atoms with E-state index < -0.39 is 10.8 Å². The van der Waals surface area contributed by atoms with Crippen molar-refractivity contribution in [1.82, 2.24) is 9.99 Å². The van der Waals surface area contributed by atoms with E-state index in [-0.39, 0.29) is 17.8 Å². The first-order valence-electron chi connectivity index (χ1n) is 7.63. The lowest BCUT2D eigenvalue weighted by Gasteiger charge is -1.99. The van der Waals surface area contributed by atoms with Gasteiger partial charge in [-0.25, -0.2) is 5.43 Å². The largest absolute Gasteiger partial charge is 0.333 e. The fourth-order valence-electron chi connectivity index (χ4n) is 2.57. The Bertz CT molecular complexity index is 1060. The van der Waals surface area contributed by atoms with Gasteiger partial charge in [-0.1, -0.05) is 24.3 Å². The zero-order valence-electron chi connectivity index (χ0n) is 13.5. The molecule has 0 saturated heterocycles. The van der Waals surface area contributed by atoms with Crippen molar-refractivity contribution in [2.24, 2.45) is 5.10 Å². The summed E-state index contributed by atoms with van der Waals surface area (Å²) in [5.74, 6) is -0.550. The number of carbonyl (C=O) groups excluding carboxylic acids is 1. The average Bonchev–Trinajstić information content (AvgIpc) is 3.00. The molecule has 0 saturated carbocycles. The van der Waals surface area contributed by atoms with Crippen molar-refractivity contribution in [3.05, 3.63) is 76.0 Å². The van der Waals surface area contributed by atoms with Gasteiger partial charge in [0, 0.05) is 40.4 Å². The molecule has 0 aliphatic carbocycles. The first-order valence-corrected chi connectivity index (χ1v) is 7.63. The molecule has 128 valence electrons. The summed E-state index contributed by atoms with van der Waals surface area (Å²) in [5, 5.41) is 24.5. The topological polar surface area (TPSA) is 113 Å². The number of amides is 1. The minimum Gasteiger partial charge on any atom is -0.333 e. The van der Waals surface area contributed by atoms with Crippen molar-refractivity contribution in [1.29, 1.82) is 5.26 Å². The van der Waals surface area contributed by atoms with E-state index >= 15 is 0 Å². The molecular formula is C18H13N5O3. The Morgan fingerprint density at radius 1 is 1.31 bits per heavy atom. The molecule has 8 nitrogen and oxygen atoms in total. The monoisotopic (exact) mass is 347 g/mol. The molecule has 2 aromatic carbocycles. The minimum atomic E-state index is -0.565. The average molecular weight is 347 g/mol. The second-order valence-corrected chi connectivity index (χ2v) is 5.39. The molecule has 0 aliphatic rings. The van der Waals surface area contributed by atoms with Crippen molar-refractivity contribution >= 4 is 28.7 Å². The van der Waals surface area contributed by atoms with Gasteiger partial charge in [0.1, 0.15) is 6.54 Å². The van der Waals surface area contributed by atoms with E-state index in [2.05, 4.69) is 16.6 Å². The molecule has 26 heavy (non-hydrogen) atoms. The maximum Gasteiger partial charge on any atom is 0.271 e. The molecule has 3 aromatic rings. The zero-order valence-corrected chi connectivity index (χ0v) is 13.5. The quantitative estimate of drug-likeness (QED) is 0.434. The standard InChI is InChI=1S/C18H13N5O3/c19-8-9-22-12-14(16-6-1-2-7-17(16)22)11-20-21-18(24)13-4-3-5-15(10-13)23(25)26/h1-7,10-12H,9H2,(H,21,24). The molecule has 0 radical (unpaired) electrons. The molecular weight excluding hydrogens is 334 g/mol. The van der Waals surface area contributed by atoms with Gasteiger partial charge in [0.15, 0.2) is 0 Å². The number of para-hydroxylation sites is 1. The van der Waals surface area contributed by atoms with Crippen LogP contribution in [0.3, 0.4) is 0 Å². The van der Waals surface area contributed by atoms with E-state index in [9.17, 15) is 14.9 Å². The molecule has 8 heteroatoms. The van der Waals surface area contributed by atoms with Crippen LogP contribution in [0.2, 0.25) is 0 Å². The van der Waals surface area contributed by atoms with Crippen molar-refractivity contribution < 1.29 is 9.72 Å². The molecule has 0 spiro atoms. The van der Waals surface area contributed by atoms with Crippen LogP contribution in [-0.4, -0.2) is 21.6 Å². The third kappa shape index (κ3) is 3.42. The maximum atomic E-state index is 12.1. The van der Waals surface area contributed by atoms with Gasteiger partial charge >= 0.3 is 0 Å². The lowest BCUT2D eigenvalue weighted by atomic mass is 10.2. The van der Waals surface area contributed by atoms with Gasteiger partial charge in [-0.15, -0.1) is 0 Å². The molecule has 1 heterocycles. The summed E-state index contributed by atoms with van der Waals surface area (Å²) in [4.78, 5) is 22.3. The van der Waals surface area contributed by atoms with Gasteiger partial charge in [0.05, 0.1) is 17.2 Å². The summed E-state index contributed by atoms with van der Waals surface area (Å²) in [6.45, 7) is 0.203. The molecule has 1 N–H and O–H groups in total. The van der Waals surface area contributed by atoms with Crippen LogP contribution in [0.5, 0.6) is 0 Å². The second-order valence-electron chi connectivity index (χ2n) is 5.39. The Hall–Kier alpha value is -3.99. The highest BCUT2D eigenvalue weighted by atomic mass is 16.6. The van der Waals surface area contributed by atoms with E-state index in [0.29, 0.717) is 0 Å². The SMILES string of the molecule is N#CCn1cc(C=NNC(=O)c2cccc([N+](=O)[O-])c2)c2ccccc21. The number of nitrogens with zero attached hydrogens (tertiary/aromatic N) is 4. The predicted molar refractivity (Wildman–Crippen MR) is 95.7 cm³/mol. The van der Waals surface area contributed by atoms with Gasteiger partial charge in [-0.2, -0.15) is 10.4 Å². The summed E-state index contributed by atoms with van der Waals surface area (Å²) in [6, 6.07) is 15.0. The van der Waals surface area contributed by atoms with Crippen molar-refractivity contribution in [3.8, 4) is 6.07 Å². The van der Waals surface area contributed by atoms with E-state index in [4.69, 9.17) is 5.26 Å². The molecule has 1 amide bonds. The van der Waals surface area contributed by atoms with Crippen LogP contribution in [0, 0.1) is 21.4 Å². The summed E-state index contributed by atoms with van der Waals surface area (Å²) >= 11 is 0. The van der Waals surface area contributed by atoms with Crippen LogP contribution in [0.4, 0.5) is 5.69 Å². The molecule has 1 aromatic heterocycles. The maximum absolute atomic E-state index is 12.1. The summed E-state index contributed by atoms with van der Waals surface area (Å²) in [7, 11) is 0. The summed E-state index contributed by atoms with van der Waals surface area (Å²) < 4.78 is 1.79. The number of rotatable bonds is 5. The minimum absolute atomic E-state index is 0.142. The number of non-ortho nitro benzene ring substituents is 1. The molecule has 0 bridgehead atoms. The summed E-state index contributed by atoms with van der Waals surface area (Å²) in [6.07, 6.45) is 3.25. The number of hydrogen-bond acceptors (Lipinski definition) is 5. The molecule has 0 aliphatic heterocycles. The molecule has 0 fully saturated rings. The van der Waals surface area contributed by atoms with Crippen molar-refractivity contribution in [2.45, 2.75) is 6.54 Å². The van der Waals surface area contributed by atoms with Crippen molar-refractivity contribution in [3.63, 3.8) is 0 Å². The van der Waals surface area contributed by atoms with E-state index in [1.807, 2.05) is 24.3 Å². The van der Waals surface area contributed by atoms with Gasteiger partial charge in [0.25, 0.3) is 11.6 Å². The first-order chi connectivity index (χ1) is 12.6. The smallest absolute Gasteiger partial charge is 0.271 e. The van der Waals surface area contributed by atoms with Crippen LogP contribution in [0.1, 0.15) is 15.9 Å². The number of nitro benzene ring substituents is 1. The van der Waals surface area contributed by atoms with Gasteiger partial charge < -0.3 is 4.57 Å². The van der Waals surface area contributed by atoms with E-state index in [1.165, 1.54) is 30.5 Å². The first kappa shape index (κ1) is 16.9. The highest BCUT2D eigenvalue weighted by Gasteiger charge is 2.11. The number of nitro groups is 1. The van der Waals surface area contributed by atoms with E-state index in [0.717, 1.165) is 16.5 Å². The fraction of sp³-hybridized carbons (Fsp3) is 0.0556. The third-order valence-corrected chi connectivity index (χ3v) is 3.75. The zero-order chi connectivity index (χ0) is 18.5. The Kier molecular flexibility index (Phi) is 4.71. The van der Waals surface area contributed by atoms with Crippen LogP contribution in [-0.2, 0) is 6.54 Å². The second kappa shape index (κ2) is 7.27. The summed E-state index contributed by atoms with van der Waals surface area (Å²) in [5.41, 5.74) is 3.96. The number of benzene rings is 2. The van der Waals surface area contributed by atoms with Crippen LogP contribution in [0.25, 0.3) is 10.9 Å². The van der Waals surface area contributed by atoms with Crippen LogP contribution >= 0.6 is 0 Å². The normalized spacial score (nSPS) is 10.7. The van der Waals surface area contributed by atoms with Gasteiger partial charge in [-0.3, -0.25) is 14.9 Å².